The molecule has 1 heterocycles. The molecule has 2 N–H and O–H groups in total. The van der Waals surface area contributed by atoms with Gasteiger partial charge in [0.25, 0.3) is 0 Å². The minimum atomic E-state index is -0.0702. The first-order chi connectivity index (χ1) is 10.1. The molecule has 0 amide bonds. The molecular formula is C17H18BrNO2. The van der Waals surface area contributed by atoms with E-state index < -0.39 is 0 Å². The molecule has 0 radical (unpaired) electrons. The summed E-state index contributed by atoms with van der Waals surface area (Å²) in [6.07, 6.45) is 0.951. The molecule has 0 fully saturated rings. The van der Waals surface area contributed by atoms with Gasteiger partial charge in [-0.3, -0.25) is 0 Å². The summed E-state index contributed by atoms with van der Waals surface area (Å²) in [7, 11) is 0. The Kier molecular flexibility index (Phi) is 4.17. The van der Waals surface area contributed by atoms with Crippen LogP contribution in [0.15, 0.2) is 46.9 Å². The molecule has 3 rings (SSSR count). The lowest BCUT2D eigenvalue weighted by Crippen LogP contribution is -2.23. The number of benzene rings is 2. The number of fused-ring (bicyclic) bond motifs is 1. The molecule has 0 aliphatic carbocycles. The number of hydrogen-bond acceptors (Lipinski definition) is 3. The lowest BCUT2D eigenvalue weighted by Gasteiger charge is -2.17. The first-order valence-electron chi connectivity index (χ1n) is 7.06. The minimum absolute atomic E-state index is 0.0620. The Hall–Kier alpha value is -1.52. The molecule has 1 unspecified atom stereocenters. The number of ether oxygens (including phenoxy) is 2. The summed E-state index contributed by atoms with van der Waals surface area (Å²) in [5.74, 6) is 1.79. The maximum Gasteiger partial charge on any atom is 0.137 e. The van der Waals surface area contributed by atoms with E-state index in [1.54, 1.807) is 0 Å². The van der Waals surface area contributed by atoms with Gasteiger partial charge in [0, 0.05) is 22.5 Å². The van der Waals surface area contributed by atoms with Crippen LogP contribution in [0.4, 0.5) is 0 Å². The highest BCUT2D eigenvalue weighted by molar-refractivity contribution is 9.10. The van der Waals surface area contributed by atoms with Crippen molar-refractivity contribution in [3.8, 4) is 11.5 Å². The Balaban J connectivity index is 1.67. The molecular weight excluding hydrogens is 330 g/mol. The van der Waals surface area contributed by atoms with E-state index in [2.05, 4.69) is 22.0 Å². The predicted molar refractivity (Wildman–Crippen MR) is 86.8 cm³/mol. The second kappa shape index (κ2) is 6.08. The molecule has 1 aliphatic heterocycles. The van der Waals surface area contributed by atoms with Crippen molar-refractivity contribution in [3.05, 3.63) is 58.1 Å². The van der Waals surface area contributed by atoms with Gasteiger partial charge in [-0.05, 0) is 36.8 Å². The summed E-state index contributed by atoms with van der Waals surface area (Å²) >= 11 is 3.47. The van der Waals surface area contributed by atoms with Crippen LogP contribution in [0.25, 0.3) is 0 Å². The van der Waals surface area contributed by atoms with E-state index in [1.165, 1.54) is 5.56 Å². The van der Waals surface area contributed by atoms with Crippen LogP contribution in [0, 0.1) is 0 Å². The summed E-state index contributed by atoms with van der Waals surface area (Å²) in [4.78, 5) is 0. The standard InChI is InChI=1S/C17H18BrNO2/c1-11(19)15-9-13(18)6-7-17(15)20-10-14-8-12-4-2-3-5-16(12)21-14/h2-7,9,11,14H,8,10,19H2,1H3/t11-,14?/m1/s1. The molecule has 110 valence electrons. The van der Waals surface area contributed by atoms with Crippen molar-refractivity contribution >= 4 is 15.9 Å². The Morgan fingerprint density at radius 1 is 1.33 bits per heavy atom. The van der Waals surface area contributed by atoms with Gasteiger partial charge in [-0.2, -0.15) is 0 Å². The topological polar surface area (TPSA) is 44.5 Å². The Morgan fingerprint density at radius 2 is 2.14 bits per heavy atom. The third kappa shape index (κ3) is 3.22. The minimum Gasteiger partial charge on any atom is -0.489 e. The number of para-hydroxylation sites is 1. The molecule has 2 atom stereocenters. The van der Waals surface area contributed by atoms with E-state index in [0.29, 0.717) is 6.61 Å². The molecule has 2 aromatic rings. The van der Waals surface area contributed by atoms with Crippen LogP contribution in [0.1, 0.15) is 24.1 Å². The first-order valence-corrected chi connectivity index (χ1v) is 7.85. The van der Waals surface area contributed by atoms with Crippen molar-refractivity contribution in [2.45, 2.75) is 25.5 Å². The predicted octanol–water partition coefficient (Wildman–Crippen LogP) is 3.85. The quantitative estimate of drug-likeness (QED) is 0.913. The van der Waals surface area contributed by atoms with Crippen molar-refractivity contribution < 1.29 is 9.47 Å². The fourth-order valence-corrected chi connectivity index (χ4v) is 2.92. The normalized spacial score (nSPS) is 18.0. The van der Waals surface area contributed by atoms with Crippen LogP contribution in [0.5, 0.6) is 11.5 Å². The van der Waals surface area contributed by atoms with E-state index in [9.17, 15) is 0 Å². The van der Waals surface area contributed by atoms with Crippen molar-refractivity contribution in [1.82, 2.24) is 0 Å². The van der Waals surface area contributed by atoms with E-state index in [-0.39, 0.29) is 12.1 Å². The van der Waals surface area contributed by atoms with Crippen LogP contribution < -0.4 is 15.2 Å². The van der Waals surface area contributed by atoms with Crippen LogP contribution in [0.2, 0.25) is 0 Å². The van der Waals surface area contributed by atoms with Gasteiger partial charge in [-0.15, -0.1) is 0 Å². The molecule has 0 aromatic heterocycles. The zero-order valence-corrected chi connectivity index (χ0v) is 13.5. The summed E-state index contributed by atoms with van der Waals surface area (Å²) in [6.45, 7) is 2.48. The van der Waals surface area contributed by atoms with Crippen LogP contribution in [-0.2, 0) is 6.42 Å². The van der Waals surface area contributed by atoms with Gasteiger partial charge in [-0.1, -0.05) is 34.1 Å². The molecule has 2 aromatic carbocycles. The van der Waals surface area contributed by atoms with Gasteiger partial charge in [0.05, 0.1) is 0 Å². The summed E-state index contributed by atoms with van der Waals surface area (Å²) in [5, 5.41) is 0. The lowest BCUT2D eigenvalue weighted by molar-refractivity contribution is 0.147. The largest absolute Gasteiger partial charge is 0.489 e. The molecule has 21 heavy (non-hydrogen) atoms. The van der Waals surface area contributed by atoms with Gasteiger partial charge in [0.15, 0.2) is 0 Å². The fraction of sp³-hybridized carbons (Fsp3) is 0.294. The molecule has 0 saturated carbocycles. The Labute approximate surface area is 133 Å². The first kappa shape index (κ1) is 14.4. The van der Waals surface area contributed by atoms with Crippen molar-refractivity contribution in [2.24, 2.45) is 5.73 Å². The van der Waals surface area contributed by atoms with Crippen molar-refractivity contribution in [1.29, 1.82) is 0 Å². The summed E-state index contributed by atoms with van der Waals surface area (Å²) in [6, 6.07) is 14.0. The van der Waals surface area contributed by atoms with Gasteiger partial charge < -0.3 is 15.2 Å². The third-order valence-corrected chi connectivity index (χ3v) is 4.09. The lowest BCUT2D eigenvalue weighted by atomic mass is 10.1. The maximum absolute atomic E-state index is 6.00. The zero-order chi connectivity index (χ0) is 14.8. The Bertz CT molecular complexity index is 617. The van der Waals surface area contributed by atoms with Gasteiger partial charge in [0.1, 0.15) is 24.2 Å². The number of hydrogen-bond donors (Lipinski definition) is 1. The summed E-state index contributed by atoms with van der Waals surface area (Å²) in [5.41, 5.74) is 8.25. The summed E-state index contributed by atoms with van der Waals surface area (Å²) < 4.78 is 12.8. The highest BCUT2D eigenvalue weighted by Gasteiger charge is 2.23. The highest BCUT2D eigenvalue weighted by Crippen LogP contribution is 2.30. The number of halogens is 1. The van der Waals surface area contributed by atoms with Gasteiger partial charge in [-0.25, -0.2) is 0 Å². The van der Waals surface area contributed by atoms with Crippen LogP contribution in [-0.4, -0.2) is 12.7 Å². The molecule has 1 aliphatic rings. The molecule has 3 nitrogen and oxygen atoms in total. The maximum atomic E-state index is 6.00. The van der Waals surface area contributed by atoms with Crippen molar-refractivity contribution in [2.75, 3.05) is 6.61 Å². The second-order valence-electron chi connectivity index (χ2n) is 5.33. The van der Waals surface area contributed by atoms with Crippen LogP contribution >= 0.6 is 15.9 Å². The average molecular weight is 348 g/mol. The zero-order valence-electron chi connectivity index (χ0n) is 11.9. The molecule has 0 bridgehead atoms. The fourth-order valence-electron chi connectivity index (χ4n) is 2.54. The molecule has 0 spiro atoms. The van der Waals surface area contributed by atoms with Crippen LogP contribution in [0.3, 0.4) is 0 Å². The molecule has 4 heteroatoms. The monoisotopic (exact) mass is 347 g/mol. The second-order valence-corrected chi connectivity index (χ2v) is 6.25. The number of nitrogens with two attached hydrogens (primary N) is 1. The number of rotatable bonds is 4. The smallest absolute Gasteiger partial charge is 0.137 e. The average Bonchev–Trinajstić information content (AvgIpc) is 2.88. The van der Waals surface area contributed by atoms with Gasteiger partial charge >= 0.3 is 0 Å². The van der Waals surface area contributed by atoms with Gasteiger partial charge in [0.2, 0.25) is 0 Å². The SMILES string of the molecule is C[C@@H](N)c1cc(Br)ccc1OCC1Cc2ccccc2O1. The van der Waals surface area contributed by atoms with E-state index in [0.717, 1.165) is 28.0 Å². The Morgan fingerprint density at radius 3 is 2.90 bits per heavy atom. The van der Waals surface area contributed by atoms with E-state index in [1.807, 2.05) is 43.3 Å². The van der Waals surface area contributed by atoms with Crippen molar-refractivity contribution in [3.63, 3.8) is 0 Å². The van der Waals surface area contributed by atoms with E-state index in [4.69, 9.17) is 15.2 Å². The highest BCUT2D eigenvalue weighted by atomic mass is 79.9. The molecule has 0 saturated heterocycles. The van der Waals surface area contributed by atoms with E-state index >= 15 is 0 Å². The third-order valence-electron chi connectivity index (χ3n) is 3.60.